The maximum Gasteiger partial charge on any atom is 0.0681 e. The lowest BCUT2D eigenvalue weighted by Crippen LogP contribution is -2.21. The molecule has 0 spiro atoms. The third kappa shape index (κ3) is 7.14. The van der Waals surface area contributed by atoms with Crippen molar-refractivity contribution < 1.29 is 9.84 Å². The van der Waals surface area contributed by atoms with E-state index in [0.29, 0.717) is 6.10 Å². The highest BCUT2D eigenvalue weighted by Crippen LogP contribution is 2.25. The lowest BCUT2D eigenvalue weighted by Gasteiger charge is -2.26. The van der Waals surface area contributed by atoms with Crippen molar-refractivity contribution in [2.45, 2.75) is 45.3 Å². The normalized spacial score (nSPS) is 22.2. The van der Waals surface area contributed by atoms with Gasteiger partial charge >= 0.3 is 0 Å². The Morgan fingerprint density at radius 1 is 1.32 bits per heavy atom. The Morgan fingerprint density at radius 2 is 2.05 bits per heavy atom. The summed E-state index contributed by atoms with van der Waals surface area (Å²) in [5.74, 6) is 0.860. The molecule has 0 aromatic heterocycles. The van der Waals surface area contributed by atoms with Crippen LogP contribution in [0, 0.1) is 5.92 Å². The Kier molecular flexibility index (Phi) is 8.19. The molecule has 0 heterocycles. The molecule has 2 heteroatoms. The van der Waals surface area contributed by atoms with Gasteiger partial charge < -0.3 is 9.84 Å². The first-order valence-electron chi connectivity index (χ1n) is 7.13. The lowest BCUT2D eigenvalue weighted by molar-refractivity contribution is 0.0322. The Balaban J connectivity index is 0.000000200. The first kappa shape index (κ1) is 15.9. The number of aliphatic hydroxyl groups is 1. The van der Waals surface area contributed by atoms with Crippen molar-refractivity contribution >= 4 is 0 Å². The van der Waals surface area contributed by atoms with Crippen LogP contribution in [0.25, 0.3) is 0 Å². The van der Waals surface area contributed by atoms with E-state index >= 15 is 0 Å². The van der Waals surface area contributed by atoms with Crippen LogP contribution in [0.3, 0.4) is 0 Å². The summed E-state index contributed by atoms with van der Waals surface area (Å²) in [6.07, 6.45) is 7.55. The second-order valence-electron chi connectivity index (χ2n) is 5.16. The van der Waals surface area contributed by atoms with Gasteiger partial charge in [-0.3, -0.25) is 0 Å². The summed E-state index contributed by atoms with van der Waals surface area (Å²) in [5, 5.41) is 8.54. The van der Waals surface area contributed by atoms with Crippen molar-refractivity contribution in [2.24, 2.45) is 5.92 Å². The fourth-order valence-corrected chi connectivity index (χ4v) is 2.32. The number of rotatable bonds is 4. The Bertz CT molecular complexity index is 334. The molecule has 0 aliphatic heterocycles. The van der Waals surface area contributed by atoms with Crippen LogP contribution in [0.1, 0.15) is 38.2 Å². The highest BCUT2D eigenvalue weighted by atomic mass is 16.5. The van der Waals surface area contributed by atoms with Crippen molar-refractivity contribution in [2.75, 3.05) is 6.61 Å². The van der Waals surface area contributed by atoms with Crippen molar-refractivity contribution in [3.8, 4) is 0 Å². The molecule has 1 aromatic carbocycles. The third-order valence-corrected chi connectivity index (χ3v) is 3.36. The van der Waals surface area contributed by atoms with Crippen LogP contribution >= 0.6 is 0 Å². The summed E-state index contributed by atoms with van der Waals surface area (Å²) in [6.45, 7) is 6.81. The number of hydrogen-bond donors (Lipinski definition) is 1. The maximum absolute atomic E-state index is 8.54. The molecular weight excluding hydrogens is 236 g/mol. The summed E-state index contributed by atoms with van der Waals surface area (Å²) >= 11 is 0. The second kappa shape index (κ2) is 9.76. The van der Waals surface area contributed by atoms with Gasteiger partial charge in [0.25, 0.3) is 0 Å². The predicted octanol–water partition coefficient (Wildman–Crippen LogP) is 3.95. The van der Waals surface area contributed by atoms with E-state index in [1.54, 1.807) is 0 Å². The lowest BCUT2D eigenvalue weighted by atomic mass is 9.89. The fourth-order valence-electron chi connectivity index (χ4n) is 2.32. The van der Waals surface area contributed by atoms with E-state index in [1.165, 1.54) is 25.7 Å². The minimum Gasteiger partial charge on any atom is -0.392 e. The van der Waals surface area contributed by atoms with Gasteiger partial charge in [-0.25, -0.2) is 0 Å². The molecule has 0 bridgehead atoms. The SMILES string of the molecule is C=CCOC1CCCC(C)C1.OCc1ccccc1. The molecule has 1 aliphatic carbocycles. The molecule has 0 amide bonds. The molecule has 0 radical (unpaired) electrons. The Labute approximate surface area is 117 Å². The second-order valence-corrected chi connectivity index (χ2v) is 5.16. The van der Waals surface area contributed by atoms with E-state index in [9.17, 15) is 0 Å². The summed E-state index contributed by atoms with van der Waals surface area (Å²) in [7, 11) is 0. The molecule has 2 nitrogen and oxygen atoms in total. The molecule has 1 N–H and O–H groups in total. The summed E-state index contributed by atoms with van der Waals surface area (Å²) in [5.41, 5.74) is 0.965. The fraction of sp³-hybridized carbons (Fsp3) is 0.529. The number of aliphatic hydroxyl groups excluding tert-OH is 1. The monoisotopic (exact) mass is 262 g/mol. The van der Waals surface area contributed by atoms with Crippen LogP contribution < -0.4 is 0 Å². The zero-order valence-corrected chi connectivity index (χ0v) is 11.9. The first-order chi connectivity index (χ1) is 9.26. The van der Waals surface area contributed by atoms with Gasteiger partial charge in [0.05, 0.1) is 19.3 Å². The van der Waals surface area contributed by atoms with E-state index in [1.807, 2.05) is 36.4 Å². The number of benzene rings is 1. The van der Waals surface area contributed by atoms with E-state index in [-0.39, 0.29) is 6.61 Å². The van der Waals surface area contributed by atoms with E-state index in [0.717, 1.165) is 18.1 Å². The molecule has 19 heavy (non-hydrogen) atoms. The summed E-state index contributed by atoms with van der Waals surface area (Å²) in [6, 6.07) is 9.52. The van der Waals surface area contributed by atoms with Gasteiger partial charge in [0, 0.05) is 0 Å². The molecule has 2 unspecified atom stereocenters. The van der Waals surface area contributed by atoms with E-state index < -0.39 is 0 Å². The quantitative estimate of drug-likeness (QED) is 0.833. The van der Waals surface area contributed by atoms with Gasteiger partial charge in [-0.15, -0.1) is 6.58 Å². The van der Waals surface area contributed by atoms with Crippen LogP contribution in [0.15, 0.2) is 43.0 Å². The molecule has 2 rings (SSSR count). The van der Waals surface area contributed by atoms with Gasteiger partial charge in [-0.05, 0) is 24.3 Å². The third-order valence-electron chi connectivity index (χ3n) is 3.36. The van der Waals surface area contributed by atoms with Gasteiger partial charge in [0.1, 0.15) is 0 Å². The van der Waals surface area contributed by atoms with Crippen molar-refractivity contribution in [1.82, 2.24) is 0 Å². The Hall–Kier alpha value is -1.12. The summed E-state index contributed by atoms with van der Waals surface area (Å²) < 4.78 is 5.58. The largest absolute Gasteiger partial charge is 0.392 e. The first-order valence-corrected chi connectivity index (χ1v) is 7.13. The zero-order valence-electron chi connectivity index (χ0n) is 11.9. The van der Waals surface area contributed by atoms with Crippen LogP contribution in [0.5, 0.6) is 0 Å². The molecule has 106 valence electrons. The van der Waals surface area contributed by atoms with E-state index in [2.05, 4.69) is 13.5 Å². The van der Waals surface area contributed by atoms with Gasteiger partial charge in [-0.2, -0.15) is 0 Å². The highest BCUT2D eigenvalue weighted by Gasteiger charge is 2.18. The minimum atomic E-state index is 0.140. The predicted molar refractivity (Wildman–Crippen MR) is 79.9 cm³/mol. The minimum absolute atomic E-state index is 0.140. The van der Waals surface area contributed by atoms with Crippen LogP contribution in [-0.2, 0) is 11.3 Å². The van der Waals surface area contributed by atoms with Crippen LogP contribution in [0.4, 0.5) is 0 Å². The number of hydrogen-bond acceptors (Lipinski definition) is 2. The van der Waals surface area contributed by atoms with Crippen LogP contribution in [-0.4, -0.2) is 17.8 Å². The molecule has 2 atom stereocenters. The summed E-state index contributed by atoms with van der Waals surface area (Å²) in [4.78, 5) is 0. The molecule has 1 saturated carbocycles. The van der Waals surface area contributed by atoms with Crippen molar-refractivity contribution in [3.63, 3.8) is 0 Å². The van der Waals surface area contributed by atoms with Gasteiger partial charge in [0.15, 0.2) is 0 Å². The standard InChI is InChI=1S/C10H18O.C7H8O/c1-3-7-11-10-6-4-5-9(2)8-10;8-6-7-4-2-1-3-5-7/h3,9-10H,1,4-8H2,2H3;1-5,8H,6H2. The molecule has 1 aliphatic rings. The molecule has 0 saturated heterocycles. The van der Waals surface area contributed by atoms with Crippen molar-refractivity contribution in [1.29, 1.82) is 0 Å². The topological polar surface area (TPSA) is 29.5 Å². The Morgan fingerprint density at radius 3 is 2.58 bits per heavy atom. The van der Waals surface area contributed by atoms with Gasteiger partial charge in [-0.1, -0.05) is 56.2 Å². The highest BCUT2D eigenvalue weighted by molar-refractivity contribution is 5.12. The average Bonchev–Trinajstić information content (AvgIpc) is 2.47. The molecule has 1 aromatic rings. The zero-order chi connectivity index (χ0) is 13.9. The average molecular weight is 262 g/mol. The molecule has 1 fully saturated rings. The smallest absolute Gasteiger partial charge is 0.0681 e. The van der Waals surface area contributed by atoms with Gasteiger partial charge in [0.2, 0.25) is 0 Å². The maximum atomic E-state index is 8.54. The van der Waals surface area contributed by atoms with Crippen molar-refractivity contribution in [3.05, 3.63) is 48.6 Å². The molecular formula is C17H26O2. The van der Waals surface area contributed by atoms with E-state index in [4.69, 9.17) is 9.84 Å². The van der Waals surface area contributed by atoms with Crippen LogP contribution in [0.2, 0.25) is 0 Å². The number of ether oxygens (including phenoxy) is 1.